The molecule has 106 valence electrons. The van der Waals surface area contributed by atoms with Gasteiger partial charge in [0, 0.05) is 18.8 Å². The van der Waals surface area contributed by atoms with Crippen LogP contribution in [0.4, 0.5) is 5.69 Å². The lowest BCUT2D eigenvalue weighted by molar-refractivity contribution is 0.473. The summed E-state index contributed by atoms with van der Waals surface area (Å²) in [5.41, 5.74) is 4.68. The normalized spacial score (nSPS) is 10.6. The molecule has 0 aliphatic heterocycles. The van der Waals surface area contributed by atoms with E-state index in [4.69, 9.17) is 12.2 Å². The van der Waals surface area contributed by atoms with Crippen LogP contribution in [-0.2, 0) is 0 Å². The second-order valence-corrected chi connectivity index (χ2v) is 5.09. The van der Waals surface area contributed by atoms with Crippen LogP contribution in [-0.4, -0.2) is 33.1 Å². The van der Waals surface area contributed by atoms with Gasteiger partial charge < -0.3 is 10.2 Å². The van der Waals surface area contributed by atoms with Gasteiger partial charge in [0.2, 0.25) is 0 Å². The second kappa shape index (κ2) is 6.13. The number of nitrogens with zero attached hydrogens (tertiary/aromatic N) is 3. The predicted octanol–water partition coefficient (Wildman–Crippen LogP) is 3.29. The number of rotatable bonds is 3. The summed E-state index contributed by atoms with van der Waals surface area (Å²) in [4.78, 5) is 11.2. The molecule has 1 aromatic heterocycles. The van der Waals surface area contributed by atoms with Crippen molar-refractivity contribution in [1.29, 1.82) is 0 Å². The summed E-state index contributed by atoms with van der Waals surface area (Å²) in [6.45, 7) is 9.93. The van der Waals surface area contributed by atoms with Crippen LogP contribution in [0.2, 0.25) is 0 Å². The lowest BCUT2D eigenvalue weighted by Gasteiger charge is -2.22. The first-order chi connectivity index (χ1) is 9.55. The van der Waals surface area contributed by atoms with E-state index in [9.17, 15) is 0 Å². The molecule has 0 spiro atoms. The minimum Gasteiger partial charge on any atom is -0.350 e. The third-order valence-corrected chi connectivity index (χ3v) is 3.74. The summed E-state index contributed by atoms with van der Waals surface area (Å²) in [5.74, 6) is 0. The van der Waals surface area contributed by atoms with Gasteiger partial charge in [0.25, 0.3) is 0 Å². The molecule has 1 heterocycles. The largest absolute Gasteiger partial charge is 0.350 e. The molecule has 20 heavy (non-hydrogen) atoms. The fraction of sp³-hybridized carbons (Fsp3) is 0.400. The molecular weight excluding hydrogens is 268 g/mol. The number of hydrogen-bond donors (Lipinski definition) is 1. The van der Waals surface area contributed by atoms with Crippen molar-refractivity contribution >= 4 is 34.1 Å². The van der Waals surface area contributed by atoms with Gasteiger partial charge in [0.05, 0.1) is 22.4 Å². The summed E-state index contributed by atoms with van der Waals surface area (Å²) >= 11 is 5.40. The Labute approximate surface area is 125 Å². The monoisotopic (exact) mass is 288 g/mol. The molecule has 0 saturated carbocycles. The van der Waals surface area contributed by atoms with Crippen molar-refractivity contribution in [3.8, 4) is 0 Å². The molecule has 2 aromatic rings. The molecule has 0 amide bonds. The fourth-order valence-corrected chi connectivity index (χ4v) is 2.40. The van der Waals surface area contributed by atoms with Crippen molar-refractivity contribution in [2.75, 3.05) is 18.4 Å². The standard InChI is InChI=1S/C15H20N4S/c1-5-19(6-2)15(20)18-12-7-8-13-14(9-12)17-11(4)10(3)16-13/h7-9H,5-6H2,1-4H3,(H,18,20). The number of aromatic nitrogens is 2. The lowest BCUT2D eigenvalue weighted by atomic mass is 10.2. The van der Waals surface area contributed by atoms with E-state index >= 15 is 0 Å². The van der Waals surface area contributed by atoms with Crippen molar-refractivity contribution in [3.63, 3.8) is 0 Å². The van der Waals surface area contributed by atoms with Crippen molar-refractivity contribution in [2.45, 2.75) is 27.7 Å². The zero-order valence-corrected chi connectivity index (χ0v) is 13.2. The summed E-state index contributed by atoms with van der Waals surface area (Å²) in [7, 11) is 0. The van der Waals surface area contributed by atoms with Gasteiger partial charge in [0.1, 0.15) is 0 Å². The highest BCUT2D eigenvalue weighted by atomic mass is 32.1. The molecule has 0 aliphatic rings. The van der Waals surface area contributed by atoms with Gasteiger partial charge in [-0.15, -0.1) is 0 Å². The molecule has 0 unspecified atom stereocenters. The summed E-state index contributed by atoms with van der Waals surface area (Å²) < 4.78 is 0. The highest BCUT2D eigenvalue weighted by molar-refractivity contribution is 7.80. The zero-order chi connectivity index (χ0) is 14.7. The molecule has 0 aliphatic carbocycles. The average molecular weight is 288 g/mol. The molecule has 1 N–H and O–H groups in total. The van der Waals surface area contributed by atoms with Crippen LogP contribution in [0, 0.1) is 13.8 Å². The number of aryl methyl sites for hydroxylation is 2. The van der Waals surface area contributed by atoms with Gasteiger partial charge in [0.15, 0.2) is 5.11 Å². The second-order valence-electron chi connectivity index (χ2n) is 4.70. The Morgan fingerprint density at radius 3 is 2.30 bits per heavy atom. The first-order valence-corrected chi connectivity index (χ1v) is 7.27. The number of benzene rings is 1. The summed E-state index contributed by atoms with van der Waals surface area (Å²) in [5, 5.41) is 4.00. The third-order valence-electron chi connectivity index (χ3n) is 3.38. The fourth-order valence-electron chi connectivity index (χ4n) is 2.02. The van der Waals surface area contributed by atoms with E-state index in [1.54, 1.807) is 0 Å². The maximum absolute atomic E-state index is 5.40. The molecule has 0 radical (unpaired) electrons. The van der Waals surface area contributed by atoms with Crippen LogP contribution in [0.5, 0.6) is 0 Å². The van der Waals surface area contributed by atoms with Gasteiger partial charge >= 0.3 is 0 Å². The van der Waals surface area contributed by atoms with E-state index in [0.717, 1.165) is 46.3 Å². The Hall–Kier alpha value is -1.75. The topological polar surface area (TPSA) is 41.0 Å². The van der Waals surface area contributed by atoms with Gasteiger partial charge in [-0.2, -0.15) is 0 Å². The number of anilines is 1. The van der Waals surface area contributed by atoms with Gasteiger partial charge in [-0.05, 0) is 58.1 Å². The van der Waals surface area contributed by atoms with Crippen LogP contribution in [0.25, 0.3) is 11.0 Å². The molecule has 0 saturated heterocycles. The minimum atomic E-state index is 0.742. The molecule has 4 nitrogen and oxygen atoms in total. The molecule has 0 atom stereocenters. The smallest absolute Gasteiger partial charge is 0.173 e. The SMILES string of the molecule is CCN(CC)C(=S)Nc1ccc2nc(C)c(C)nc2c1. The molecular formula is C15H20N4S. The number of thiocarbonyl (C=S) groups is 1. The van der Waals surface area contributed by atoms with Crippen molar-refractivity contribution in [2.24, 2.45) is 0 Å². The van der Waals surface area contributed by atoms with Crippen LogP contribution < -0.4 is 5.32 Å². The average Bonchev–Trinajstić information content (AvgIpc) is 2.42. The number of nitrogens with one attached hydrogen (secondary N) is 1. The Bertz CT molecular complexity index is 635. The molecule has 1 aromatic carbocycles. The first kappa shape index (κ1) is 14.7. The van der Waals surface area contributed by atoms with Crippen LogP contribution in [0.1, 0.15) is 25.2 Å². The molecule has 2 rings (SSSR count). The van der Waals surface area contributed by atoms with E-state index in [1.165, 1.54) is 0 Å². The highest BCUT2D eigenvalue weighted by Gasteiger charge is 2.07. The van der Waals surface area contributed by atoms with Crippen molar-refractivity contribution in [1.82, 2.24) is 14.9 Å². The van der Waals surface area contributed by atoms with E-state index in [1.807, 2.05) is 32.0 Å². The maximum Gasteiger partial charge on any atom is 0.173 e. The Balaban J connectivity index is 2.28. The van der Waals surface area contributed by atoms with E-state index in [-0.39, 0.29) is 0 Å². The molecule has 0 bridgehead atoms. The minimum absolute atomic E-state index is 0.742. The Morgan fingerprint density at radius 1 is 1.10 bits per heavy atom. The Kier molecular flexibility index (Phi) is 4.49. The molecule has 5 heteroatoms. The van der Waals surface area contributed by atoms with Gasteiger partial charge in [-0.1, -0.05) is 0 Å². The predicted molar refractivity (Wildman–Crippen MR) is 88.2 cm³/mol. The maximum atomic E-state index is 5.40. The van der Waals surface area contributed by atoms with E-state index < -0.39 is 0 Å². The van der Waals surface area contributed by atoms with Crippen LogP contribution in [0.3, 0.4) is 0 Å². The van der Waals surface area contributed by atoms with E-state index in [0.29, 0.717) is 0 Å². The zero-order valence-electron chi connectivity index (χ0n) is 12.4. The third kappa shape index (κ3) is 3.04. The number of hydrogen-bond acceptors (Lipinski definition) is 3. The lowest BCUT2D eigenvalue weighted by Crippen LogP contribution is -2.34. The highest BCUT2D eigenvalue weighted by Crippen LogP contribution is 2.18. The van der Waals surface area contributed by atoms with Gasteiger partial charge in [-0.25, -0.2) is 9.97 Å². The number of fused-ring (bicyclic) bond motifs is 1. The molecule has 0 fully saturated rings. The summed E-state index contributed by atoms with van der Waals surface area (Å²) in [6.07, 6.45) is 0. The quantitative estimate of drug-likeness (QED) is 0.878. The van der Waals surface area contributed by atoms with Crippen LogP contribution >= 0.6 is 12.2 Å². The summed E-state index contributed by atoms with van der Waals surface area (Å²) in [6, 6.07) is 5.95. The van der Waals surface area contributed by atoms with E-state index in [2.05, 4.69) is 34.0 Å². The van der Waals surface area contributed by atoms with Crippen molar-refractivity contribution in [3.05, 3.63) is 29.6 Å². The Morgan fingerprint density at radius 2 is 1.70 bits per heavy atom. The van der Waals surface area contributed by atoms with Gasteiger partial charge in [-0.3, -0.25) is 0 Å². The van der Waals surface area contributed by atoms with Crippen molar-refractivity contribution < 1.29 is 0 Å². The first-order valence-electron chi connectivity index (χ1n) is 6.86. The van der Waals surface area contributed by atoms with Crippen LogP contribution in [0.15, 0.2) is 18.2 Å².